The minimum Gasteiger partial charge on any atom is -0.496 e. The average molecular weight is 326 g/mol. The first kappa shape index (κ1) is 15.6. The van der Waals surface area contributed by atoms with Crippen LogP contribution in [0, 0.1) is 6.92 Å². The molecule has 24 heavy (non-hydrogen) atoms. The SMILES string of the molecule is COc1cc(OC)c(Nc2nc(N)n(-c3ccccn3)n2)cc1C. The lowest BCUT2D eigenvalue weighted by Crippen LogP contribution is -2.04. The van der Waals surface area contributed by atoms with Crippen LogP contribution in [-0.2, 0) is 0 Å². The van der Waals surface area contributed by atoms with Gasteiger partial charge in [-0.05, 0) is 30.7 Å². The zero-order chi connectivity index (χ0) is 17.1. The Morgan fingerprint density at radius 1 is 1.12 bits per heavy atom. The number of hydrogen-bond acceptors (Lipinski definition) is 7. The van der Waals surface area contributed by atoms with Crippen LogP contribution in [0.4, 0.5) is 17.6 Å². The van der Waals surface area contributed by atoms with Crippen LogP contribution in [0.1, 0.15) is 5.56 Å². The molecule has 3 rings (SSSR count). The third-order valence-corrected chi connectivity index (χ3v) is 3.46. The third-order valence-electron chi connectivity index (χ3n) is 3.46. The second-order valence-corrected chi connectivity index (χ2v) is 5.04. The van der Waals surface area contributed by atoms with E-state index in [0.717, 1.165) is 11.3 Å². The van der Waals surface area contributed by atoms with Crippen LogP contribution in [0.5, 0.6) is 11.5 Å². The highest BCUT2D eigenvalue weighted by molar-refractivity contribution is 5.66. The molecule has 3 N–H and O–H groups in total. The van der Waals surface area contributed by atoms with Crippen molar-refractivity contribution in [1.82, 2.24) is 19.7 Å². The molecule has 0 aliphatic carbocycles. The van der Waals surface area contributed by atoms with Crippen LogP contribution in [0.2, 0.25) is 0 Å². The minimum atomic E-state index is 0.236. The van der Waals surface area contributed by atoms with Crippen LogP contribution < -0.4 is 20.5 Å². The molecule has 0 amide bonds. The first-order valence-electron chi connectivity index (χ1n) is 7.26. The van der Waals surface area contributed by atoms with E-state index in [1.54, 1.807) is 32.5 Å². The quantitative estimate of drug-likeness (QED) is 0.742. The Kier molecular flexibility index (Phi) is 4.19. The van der Waals surface area contributed by atoms with Crippen molar-refractivity contribution in [2.24, 2.45) is 0 Å². The smallest absolute Gasteiger partial charge is 0.249 e. The molecule has 0 saturated heterocycles. The largest absolute Gasteiger partial charge is 0.496 e. The molecule has 0 aliphatic rings. The minimum absolute atomic E-state index is 0.236. The van der Waals surface area contributed by atoms with Gasteiger partial charge in [-0.25, -0.2) is 4.98 Å². The lowest BCUT2D eigenvalue weighted by Gasteiger charge is -2.12. The summed E-state index contributed by atoms with van der Waals surface area (Å²) in [6, 6.07) is 9.17. The summed E-state index contributed by atoms with van der Waals surface area (Å²) < 4.78 is 12.2. The zero-order valence-electron chi connectivity index (χ0n) is 13.6. The molecule has 0 bridgehead atoms. The second-order valence-electron chi connectivity index (χ2n) is 5.04. The van der Waals surface area contributed by atoms with Gasteiger partial charge in [0.2, 0.25) is 11.9 Å². The van der Waals surface area contributed by atoms with Gasteiger partial charge in [-0.3, -0.25) is 0 Å². The number of methoxy groups -OCH3 is 2. The molecule has 0 atom stereocenters. The molecule has 0 unspecified atom stereocenters. The number of nitrogen functional groups attached to an aromatic ring is 1. The van der Waals surface area contributed by atoms with E-state index in [1.165, 1.54) is 4.68 Å². The second kappa shape index (κ2) is 6.45. The lowest BCUT2D eigenvalue weighted by molar-refractivity contribution is 0.393. The summed E-state index contributed by atoms with van der Waals surface area (Å²) in [6.45, 7) is 1.94. The molecule has 2 aromatic heterocycles. The third kappa shape index (κ3) is 2.94. The molecular weight excluding hydrogens is 308 g/mol. The average Bonchev–Trinajstić information content (AvgIpc) is 2.96. The molecule has 3 aromatic rings. The summed E-state index contributed by atoms with van der Waals surface area (Å²) in [4.78, 5) is 8.43. The number of nitrogens with one attached hydrogen (secondary N) is 1. The van der Waals surface area contributed by atoms with Crippen molar-refractivity contribution in [3.05, 3.63) is 42.1 Å². The highest BCUT2D eigenvalue weighted by Gasteiger charge is 2.13. The fourth-order valence-electron chi connectivity index (χ4n) is 2.30. The van der Waals surface area contributed by atoms with Crippen molar-refractivity contribution in [2.45, 2.75) is 6.92 Å². The number of anilines is 3. The van der Waals surface area contributed by atoms with Gasteiger partial charge < -0.3 is 20.5 Å². The van der Waals surface area contributed by atoms with Gasteiger partial charge in [0.15, 0.2) is 5.82 Å². The summed E-state index contributed by atoms with van der Waals surface area (Å²) in [5, 5.41) is 7.46. The van der Waals surface area contributed by atoms with E-state index in [0.29, 0.717) is 23.2 Å². The molecule has 0 spiro atoms. The fraction of sp³-hybridized carbons (Fsp3) is 0.188. The van der Waals surface area contributed by atoms with Crippen LogP contribution in [0.15, 0.2) is 36.5 Å². The monoisotopic (exact) mass is 326 g/mol. The summed E-state index contributed by atoms with van der Waals surface area (Å²) >= 11 is 0. The number of aryl methyl sites for hydroxylation is 1. The van der Waals surface area contributed by atoms with Gasteiger partial charge in [-0.2, -0.15) is 9.67 Å². The number of nitrogens with two attached hydrogens (primary N) is 1. The van der Waals surface area contributed by atoms with E-state index in [9.17, 15) is 0 Å². The molecule has 2 heterocycles. The summed E-state index contributed by atoms with van der Waals surface area (Å²) in [6.07, 6.45) is 1.67. The standard InChI is InChI=1S/C16H18N6O2/c1-10-8-11(13(24-3)9-12(10)23-2)19-16-20-15(17)22(21-16)14-6-4-5-7-18-14/h4-9H,1-3H3,(H3,17,19,20,21). The number of benzene rings is 1. The Morgan fingerprint density at radius 3 is 2.58 bits per heavy atom. The molecule has 124 valence electrons. The Labute approximate surface area is 139 Å². The van der Waals surface area contributed by atoms with Gasteiger partial charge in [0, 0.05) is 12.3 Å². The van der Waals surface area contributed by atoms with Crippen molar-refractivity contribution in [3.8, 4) is 17.3 Å². The van der Waals surface area contributed by atoms with Crippen LogP contribution >= 0.6 is 0 Å². The van der Waals surface area contributed by atoms with E-state index in [-0.39, 0.29) is 5.95 Å². The number of hydrogen-bond donors (Lipinski definition) is 2. The maximum Gasteiger partial charge on any atom is 0.249 e. The van der Waals surface area contributed by atoms with Crippen LogP contribution in [-0.4, -0.2) is 34.0 Å². The van der Waals surface area contributed by atoms with Crippen molar-refractivity contribution >= 4 is 17.6 Å². The van der Waals surface area contributed by atoms with Gasteiger partial charge in [0.05, 0.1) is 19.9 Å². The predicted molar refractivity (Wildman–Crippen MR) is 91.1 cm³/mol. The van der Waals surface area contributed by atoms with Crippen LogP contribution in [0.25, 0.3) is 5.82 Å². The molecule has 0 fully saturated rings. The lowest BCUT2D eigenvalue weighted by atomic mass is 10.2. The van der Waals surface area contributed by atoms with E-state index >= 15 is 0 Å². The van der Waals surface area contributed by atoms with Gasteiger partial charge in [-0.15, -0.1) is 5.10 Å². The van der Waals surface area contributed by atoms with E-state index in [4.69, 9.17) is 15.2 Å². The summed E-state index contributed by atoms with van der Waals surface area (Å²) in [7, 11) is 3.20. The van der Waals surface area contributed by atoms with E-state index < -0.39 is 0 Å². The van der Waals surface area contributed by atoms with Gasteiger partial charge in [-0.1, -0.05) is 6.07 Å². The molecule has 8 heteroatoms. The predicted octanol–water partition coefficient (Wildman–Crippen LogP) is 2.31. The summed E-state index contributed by atoms with van der Waals surface area (Å²) in [5.74, 6) is 2.53. The normalized spacial score (nSPS) is 10.5. The maximum absolute atomic E-state index is 5.93. The van der Waals surface area contributed by atoms with E-state index in [2.05, 4.69) is 20.4 Å². The van der Waals surface area contributed by atoms with Gasteiger partial charge in [0.25, 0.3) is 0 Å². The molecule has 8 nitrogen and oxygen atoms in total. The first-order valence-corrected chi connectivity index (χ1v) is 7.26. The highest BCUT2D eigenvalue weighted by atomic mass is 16.5. The number of pyridine rings is 1. The van der Waals surface area contributed by atoms with Gasteiger partial charge >= 0.3 is 0 Å². The highest BCUT2D eigenvalue weighted by Crippen LogP contribution is 2.33. The van der Waals surface area contributed by atoms with E-state index in [1.807, 2.05) is 25.1 Å². The molecule has 1 aromatic carbocycles. The Morgan fingerprint density at radius 2 is 1.92 bits per heavy atom. The Hall–Kier alpha value is -3.29. The number of aromatic nitrogens is 4. The number of rotatable bonds is 5. The Balaban J connectivity index is 1.94. The first-order chi connectivity index (χ1) is 11.6. The molecule has 0 aliphatic heterocycles. The zero-order valence-corrected chi connectivity index (χ0v) is 13.6. The van der Waals surface area contributed by atoms with Crippen molar-refractivity contribution in [1.29, 1.82) is 0 Å². The van der Waals surface area contributed by atoms with Crippen molar-refractivity contribution < 1.29 is 9.47 Å². The number of ether oxygens (including phenoxy) is 2. The van der Waals surface area contributed by atoms with Crippen molar-refractivity contribution in [3.63, 3.8) is 0 Å². The van der Waals surface area contributed by atoms with Crippen LogP contribution in [0.3, 0.4) is 0 Å². The molecular formula is C16H18N6O2. The summed E-state index contributed by atoms with van der Waals surface area (Å²) in [5.41, 5.74) is 7.60. The fourth-order valence-corrected chi connectivity index (χ4v) is 2.30. The molecule has 0 radical (unpaired) electrons. The van der Waals surface area contributed by atoms with Gasteiger partial charge in [0.1, 0.15) is 11.5 Å². The topological polar surface area (TPSA) is 100 Å². The Bertz CT molecular complexity index is 847. The van der Waals surface area contributed by atoms with Crippen molar-refractivity contribution in [2.75, 3.05) is 25.3 Å². The molecule has 0 saturated carbocycles. The maximum atomic E-state index is 5.93. The number of nitrogens with zero attached hydrogens (tertiary/aromatic N) is 4.